The summed E-state index contributed by atoms with van der Waals surface area (Å²) in [5.41, 5.74) is 0. The first-order valence-corrected chi connectivity index (χ1v) is 9.03. The van der Waals surface area contributed by atoms with Gasteiger partial charge >= 0.3 is 0 Å². The number of hydrogen-bond donors (Lipinski definition) is 0. The van der Waals surface area contributed by atoms with Gasteiger partial charge in [-0.15, -0.1) is 0 Å². The monoisotopic (exact) mass is 278 g/mol. The summed E-state index contributed by atoms with van der Waals surface area (Å²) in [5, 5.41) is 0. The van der Waals surface area contributed by atoms with E-state index in [9.17, 15) is 0 Å². The molecule has 2 radical (unpaired) electrons. The minimum atomic E-state index is 0.786. The summed E-state index contributed by atoms with van der Waals surface area (Å²) in [6.07, 6.45) is 20.4. The Morgan fingerprint density at radius 1 is 0.800 bits per heavy atom. The highest BCUT2D eigenvalue weighted by Crippen LogP contribution is 2.20. The van der Waals surface area contributed by atoms with Crippen molar-refractivity contribution in [3.8, 4) is 0 Å². The van der Waals surface area contributed by atoms with Crippen LogP contribution in [0.4, 0.5) is 0 Å². The molecule has 0 amide bonds. The highest BCUT2D eigenvalue weighted by Gasteiger charge is 2.05. The molecule has 2 atom stereocenters. The zero-order valence-electron chi connectivity index (χ0n) is 14.2. The van der Waals surface area contributed by atoms with Gasteiger partial charge in [0, 0.05) is 0 Å². The SMILES string of the molecule is [CH2]CCCCCC(CC)CCC=CC(CC)CCC[CH2]. The molecule has 0 aliphatic carbocycles. The summed E-state index contributed by atoms with van der Waals surface area (Å²) in [6, 6.07) is 0. The summed E-state index contributed by atoms with van der Waals surface area (Å²) < 4.78 is 0. The van der Waals surface area contributed by atoms with Gasteiger partial charge in [-0.05, 0) is 37.5 Å². The van der Waals surface area contributed by atoms with Crippen molar-refractivity contribution in [3.05, 3.63) is 26.0 Å². The number of hydrogen-bond acceptors (Lipinski definition) is 0. The maximum Gasteiger partial charge on any atom is -0.0236 e. The van der Waals surface area contributed by atoms with Crippen LogP contribution in [-0.2, 0) is 0 Å². The van der Waals surface area contributed by atoms with Crippen LogP contribution in [0.25, 0.3) is 0 Å². The fourth-order valence-corrected chi connectivity index (χ4v) is 2.80. The Balaban J connectivity index is 3.75. The van der Waals surface area contributed by atoms with Gasteiger partial charge < -0.3 is 0 Å². The van der Waals surface area contributed by atoms with Crippen molar-refractivity contribution in [1.29, 1.82) is 0 Å². The molecule has 0 aromatic rings. The van der Waals surface area contributed by atoms with Gasteiger partial charge in [-0.2, -0.15) is 0 Å². The smallest absolute Gasteiger partial charge is 0.0236 e. The maximum atomic E-state index is 3.94. The van der Waals surface area contributed by atoms with E-state index in [1.54, 1.807) is 0 Å². The Kier molecular flexibility index (Phi) is 14.9. The highest BCUT2D eigenvalue weighted by atomic mass is 14.1. The molecule has 0 heterocycles. The van der Waals surface area contributed by atoms with E-state index in [-0.39, 0.29) is 0 Å². The average molecular weight is 279 g/mol. The summed E-state index contributed by atoms with van der Waals surface area (Å²) in [5.74, 6) is 1.72. The van der Waals surface area contributed by atoms with Crippen LogP contribution in [0, 0.1) is 25.7 Å². The third kappa shape index (κ3) is 11.6. The van der Waals surface area contributed by atoms with E-state index in [0.717, 1.165) is 24.7 Å². The molecular weight excluding hydrogens is 240 g/mol. The lowest BCUT2D eigenvalue weighted by Gasteiger charge is -2.14. The van der Waals surface area contributed by atoms with Gasteiger partial charge in [-0.3, -0.25) is 0 Å². The molecule has 0 N–H and O–H groups in total. The van der Waals surface area contributed by atoms with E-state index in [1.165, 1.54) is 64.2 Å². The zero-order valence-corrected chi connectivity index (χ0v) is 14.2. The van der Waals surface area contributed by atoms with Crippen molar-refractivity contribution >= 4 is 0 Å². The van der Waals surface area contributed by atoms with Crippen LogP contribution in [0.1, 0.15) is 90.9 Å². The van der Waals surface area contributed by atoms with Gasteiger partial charge in [0.2, 0.25) is 0 Å². The fourth-order valence-electron chi connectivity index (χ4n) is 2.80. The molecular formula is C20H38. The Bertz CT molecular complexity index is 204. The Hall–Kier alpha value is -0.260. The normalized spacial score (nSPS) is 14.8. The van der Waals surface area contributed by atoms with Crippen molar-refractivity contribution in [2.75, 3.05) is 0 Å². The first-order chi connectivity index (χ1) is 9.78. The van der Waals surface area contributed by atoms with E-state index in [1.807, 2.05) is 0 Å². The molecule has 0 saturated heterocycles. The Morgan fingerprint density at radius 2 is 1.55 bits per heavy atom. The van der Waals surface area contributed by atoms with E-state index in [0.29, 0.717) is 0 Å². The van der Waals surface area contributed by atoms with Crippen LogP contribution >= 0.6 is 0 Å². The minimum absolute atomic E-state index is 0.786. The quantitative estimate of drug-likeness (QED) is 0.233. The lowest BCUT2D eigenvalue weighted by molar-refractivity contribution is 0.417. The molecule has 0 aliphatic heterocycles. The van der Waals surface area contributed by atoms with E-state index < -0.39 is 0 Å². The molecule has 0 aromatic heterocycles. The molecule has 0 fully saturated rings. The molecule has 0 aliphatic rings. The van der Waals surface area contributed by atoms with Gasteiger partial charge in [-0.1, -0.05) is 91.2 Å². The third-order valence-electron chi connectivity index (χ3n) is 4.44. The molecule has 0 saturated carbocycles. The number of allylic oxidation sites excluding steroid dienone is 2. The van der Waals surface area contributed by atoms with Gasteiger partial charge in [0.05, 0.1) is 0 Å². The molecule has 2 unspecified atom stereocenters. The number of rotatable bonds is 14. The van der Waals surface area contributed by atoms with Crippen molar-refractivity contribution in [3.63, 3.8) is 0 Å². The first-order valence-electron chi connectivity index (χ1n) is 9.03. The highest BCUT2D eigenvalue weighted by molar-refractivity contribution is 4.88. The second-order valence-corrected chi connectivity index (χ2v) is 6.15. The molecule has 0 bridgehead atoms. The molecule has 0 spiro atoms. The summed E-state index contributed by atoms with van der Waals surface area (Å²) in [7, 11) is 0. The second-order valence-electron chi connectivity index (χ2n) is 6.15. The summed E-state index contributed by atoms with van der Waals surface area (Å²) in [4.78, 5) is 0. The molecule has 0 aromatic carbocycles. The fraction of sp³-hybridized carbons (Fsp3) is 0.800. The van der Waals surface area contributed by atoms with Crippen LogP contribution < -0.4 is 0 Å². The molecule has 20 heavy (non-hydrogen) atoms. The van der Waals surface area contributed by atoms with Crippen molar-refractivity contribution < 1.29 is 0 Å². The molecule has 0 nitrogen and oxygen atoms in total. The Morgan fingerprint density at radius 3 is 2.15 bits per heavy atom. The summed E-state index contributed by atoms with van der Waals surface area (Å²) >= 11 is 0. The lowest BCUT2D eigenvalue weighted by atomic mass is 9.92. The van der Waals surface area contributed by atoms with Crippen LogP contribution in [0.15, 0.2) is 12.2 Å². The van der Waals surface area contributed by atoms with Crippen molar-refractivity contribution in [1.82, 2.24) is 0 Å². The predicted molar refractivity (Wildman–Crippen MR) is 93.6 cm³/mol. The van der Waals surface area contributed by atoms with Crippen LogP contribution in [0.2, 0.25) is 0 Å². The number of unbranched alkanes of at least 4 members (excludes halogenated alkanes) is 4. The predicted octanol–water partition coefficient (Wildman–Crippen LogP) is 7.16. The van der Waals surface area contributed by atoms with Crippen LogP contribution in [0.3, 0.4) is 0 Å². The van der Waals surface area contributed by atoms with Crippen LogP contribution in [0.5, 0.6) is 0 Å². The van der Waals surface area contributed by atoms with E-state index in [4.69, 9.17) is 0 Å². The standard InChI is InChI=1S/C20H38/c1-5-9-11-12-16-20(8-4)18-14-13-17-19(7-3)15-10-6-2/h13,17,19-20H,1-2,5-12,14-16,18H2,3-4H3. The molecule has 0 rings (SSSR count). The largest absolute Gasteiger partial charge is 0.0882 e. The lowest BCUT2D eigenvalue weighted by Crippen LogP contribution is -1.99. The van der Waals surface area contributed by atoms with Gasteiger partial charge in [0.15, 0.2) is 0 Å². The zero-order chi connectivity index (χ0) is 15.1. The average Bonchev–Trinajstić information content (AvgIpc) is 2.48. The van der Waals surface area contributed by atoms with Gasteiger partial charge in [-0.25, -0.2) is 0 Å². The minimum Gasteiger partial charge on any atom is -0.0882 e. The van der Waals surface area contributed by atoms with Crippen LogP contribution in [-0.4, -0.2) is 0 Å². The van der Waals surface area contributed by atoms with Crippen molar-refractivity contribution in [2.45, 2.75) is 90.9 Å². The first kappa shape index (κ1) is 19.7. The van der Waals surface area contributed by atoms with E-state index >= 15 is 0 Å². The van der Waals surface area contributed by atoms with Gasteiger partial charge in [0.1, 0.15) is 0 Å². The Labute approximate surface area is 129 Å². The van der Waals surface area contributed by atoms with Crippen molar-refractivity contribution in [2.24, 2.45) is 11.8 Å². The second kappa shape index (κ2) is 15.1. The van der Waals surface area contributed by atoms with Gasteiger partial charge in [0.25, 0.3) is 0 Å². The topological polar surface area (TPSA) is 0 Å². The maximum absolute atomic E-state index is 3.94. The van der Waals surface area contributed by atoms with E-state index in [2.05, 4.69) is 39.8 Å². The summed E-state index contributed by atoms with van der Waals surface area (Å²) in [6.45, 7) is 12.5. The molecule has 0 heteroatoms. The molecule has 118 valence electrons. The third-order valence-corrected chi connectivity index (χ3v) is 4.44.